The molecule has 2 rings (SSSR count). The summed E-state index contributed by atoms with van der Waals surface area (Å²) in [7, 11) is 0. The van der Waals surface area contributed by atoms with Crippen molar-refractivity contribution in [2.45, 2.75) is 26.3 Å². The van der Waals surface area contributed by atoms with E-state index in [0.29, 0.717) is 0 Å². The van der Waals surface area contributed by atoms with Crippen LogP contribution in [0.5, 0.6) is 0 Å². The van der Waals surface area contributed by atoms with E-state index < -0.39 is 0 Å². The van der Waals surface area contributed by atoms with E-state index in [1.165, 1.54) is 0 Å². The molecular formula is C13H17N3. The highest BCUT2D eigenvalue weighted by Crippen LogP contribution is 2.13. The van der Waals surface area contributed by atoms with Gasteiger partial charge in [-0.1, -0.05) is 19.1 Å². The molecular weight excluding hydrogens is 198 g/mol. The molecule has 0 bridgehead atoms. The Hall–Kier alpha value is -1.48. The zero-order valence-corrected chi connectivity index (χ0v) is 9.77. The van der Waals surface area contributed by atoms with Crippen LogP contribution in [0.2, 0.25) is 0 Å². The topological polar surface area (TPSA) is 37.8 Å². The van der Waals surface area contributed by atoms with Gasteiger partial charge in [0, 0.05) is 6.04 Å². The van der Waals surface area contributed by atoms with Crippen LogP contribution < -0.4 is 5.32 Å². The molecule has 1 heterocycles. The molecule has 0 saturated carbocycles. The number of hydrogen-bond acceptors (Lipinski definition) is 3. The standard InChI is InChI=1S/C13H17N3/c1-3-8-14-10(2)13-9-15-11-6-4-5-7-12(11)16-13/h4-7,9-10,14H,3,8H2,1-2H3. The first-order chi connectivity index (χ1) is 7.81. The Kier molecular flexibility index (Phi) is 3.47. The molecule has 16 heavy (non-hydrogen) atoms. The monoisotopic (exact) mass is 215 g/mol. The second-order valence-corrected chi connectivity index (χ2v) is 3.96. The molecule has 3 heteroatoms. The molecule has 0 aliphatic carbocycles. The van der Waals surface area contributed by atoms with Crippen molar-refractivity contribution < 1.29 is 0 Å². The number of benzene rings is 1. The third-order valence-electron chi connectivity index (χ3n) is 2.61. The Morgan fingerprint density at radius 1 is 1.25 bits per heavy atom. The van der Waals surface area contributed by atoms with Gasteiger partial charge in [-0.15, -0.1) is 0 Å². The Bertz CT molecular complexity index is 467. The van der Waals surface area contributed by atoms with Crippen molar-refractivity contribution in [3.8, 4) is 0 Å². The van der Waals surface area contributed by atoms with E-state index in [-0.39, 0.29) is 6.04 Å². The van der Waals surface area contributed by atoms with Gasteiger partial charge in [0.15, 0.2) is 0 Å². The molecule has 0 saturated heterocycles. The Morgan fingerprint density at radius 2 is 2.00 bits per heavy atom. The lowest BCUT2D eigenvalue weighted by molar-refractivity contribution is 0.558. The minimum atomic E-state index is 0.261. The molecule has 1 atom stereocenters. The Balaban J connectivity index is 2.25. The molecule has 0 spiro atoms. The van der Waals surface area contributed by atoms with E-state index in [2.05, 4.69) is 29.1 Å². The Morgan fingerprint density at radius 3 is 2.75 bits per heavy atom. The van der Waals surface area contributed by atoms with Crippen LogP contribution in [0, 0.1) is 0 Å². The van der Waals surface area contributed by atoms with Gasteiger partial charge in [-0.05, 0) is 32.0 Å². The zero-order chi connectivity index (χ0) is 11.4. The second kappa shape index (κ2) is 5.03. The predicted octanol–water partition coefficient (Wildman–Crippen LogP) is 2.69. The normalized spacial score (nSPS) is 12.9. The van der Waals surface area contributed by atoms with E-state index in [4.69, 9.17) is 0 Å². The SMILES string of the molecule is CCCNC(C)c1cnc2ccccc2n1. The smallest absolute Gasteiger partial charge is 0.0890 e. The zero-order valence-electron chi connectivity index (χ0n) is 9.77. The molecule has 1 aromatic heterocycles. The second-order valence-electron chi connectivity index (χ2n) is 3.96. The minimum absolute atomic E-state index is 0.261. The molecule has 0 radical (unpaired) electrons. The van der Waals surface area contributed by atoms with Crippen LogP contribution in [-0.4, -0.2) is 16.5 Å². The van der Waals surface area contributed by atoms with Crippen LogP contribution in [0.4, 0.5) is 0 Å². The minimum Gasteiger partial charge on any atom is -0.309 e. The summed E-state index contributed by atoms with van der Waals surface area (Å²) in [5.41, 5.74) is 2.92. The molecule has 1 aromatic carbocycles. The van der Waals surface area contributed by atoms with Gasteiger partial charge in [-0.3, -0.25) is 4.98 Å². The van der Waals surface area contributed by atoms with Crippen molar-refractivity contribution in [1.82, 2.24) is 15.3 Å². The lowest BCUT2D eigenvalue weighted by Crippen LogP contribution is -2.20. The van der Waals surface area contributed by atoms with Crippen LogP contribution in [0.1, 0.15) is 32.0 Å². The van der Waals surface area contributed by atoms with E-state index in [0.717, 1.165) is 29.7 Å². The van der Waals surface area contributed by atoms with E-state index >= 15 is 0 Å². The summed E-state index contributed by atoms with van der Waals surface area (Å²) in [5, 5.41) is 3.41. The molecule has 0 fully saturated rings. The lowest BCUT2D eigenvalue weighted by atomic mass is 10.2. The number of rotatable bonds is 4. The number of hydrogen-bond donors (Lipinski definition) is 1. The first-order valence-electron chi connectivity index (χ1n) is 5.76. The summed E-state index contributed by atoms with van der Waals surface area (Å²) in [6, 6.07) is 8.21. The van der Waals surface area contributed by atoms with Gasteiger partial charge in [-0.2, -0.15) is 0 Å². The molecule has 3 nitrogen and oxygen atoms in total. The van der Waals surface area contributed by atoms with E-state index in [1.54, 1.807) is 0 Å². The fourth-order valence-corrected chi connectivity index (χ4v) is 1.65. The lowest BCUT2D eigenvalue weighted by Gasteiger charge is -2.12. The van der Waals surface area contributed by atoms with Gasteiger partial charge < -0.3 is 5.32 Å². The molecule has 1 N–H and O–H groups in total. The van der Waals surface area contributed by atoms with Gasteiger partial charge in [0.2, 0.25) is 0 Å². The van der Waals surface area contributed by atoms with Gasteiger partial charge in [-0.25, -0.2) is 4.98 Å². The summed E-state index contributed by atoms with van der Waals surface area (Å²) in [4.78, 5) is 9.01. The summed E-state index contributed by atoms with van der Waals surface area (Å²) >= 11 is 0. The van der Waals surface area contributed by atoms with Crippen molar-refractivity contribution in [3.63, 3.8) is 0 Å². The number of nitrogens with one attached hydrogen (secondary N) is 1. The van der Waals surface area contributed by atoms with Crippen LogP contribution >= 0.6 is 0 Å². The van der Waals surface area contributed by atoms with Crippen molar-refractivity contribution in [1.29, 1.82) is 0 Å². The van der Waals surface area contributed by atoms with Gasteiger partial charge in [0.25, 0.3) is 0 Å². The fourth-order valence-electron chi connectivity index (χ4n) is 1.65. The van der Waals surface area contributed by atoms with Gasteiger partial charge >= 0.3 is 0 Å². The fraction of sp³-hybridized carbons (Fsp3) is 0.385. The maximum Gasteiger partial charge on any atom is 0.0890 e. The number of aromatic nitrogens is 2. The molecule has 84 valence electrons. The molecule has 0 amide bonds. The average Bonchev–Trinajstić information content (AvgIpc) is 2.35. The van der Waals surface area contributed by atoms with E-state index in [9.17, 15) is 0 Å². The first kappa shape index (κ1) is 11.0. The summed E-state index contributed by atoms with van der Waals surface area (Å²) in [6.07, 6.45) is 2.99. The molecule has 1 unspecified atom stereocenters. The molecule has 0 aliphatic heterocycles. The third-order valence-corrected chi connectivity index (χ3v) is 2.61. The summed E-state index contributed by atoms with van der Waals surface area (Å²) in [5.74, 6) is 0. The summed E-state index contributed by atoms with van der Waals surface area (Å²) in [6.45, 7) is 5.29. The quantitative estimate of drug-likeness (QED) is 0.852. The highest BCUT2D eigenvalue weighted by atomic mass is 14.9. The van der Waals surface area contributed by atoms with Crippen molar-refractivity contribution in [2.75, 3.05) is 6.54 Å². The molecule has 0 aliphatic rings. The van der Waals surface area contributed by atoms with Gasteiger partial charge in [0.1, 0.15) is 0 Å². The average molecular weight is 215 g/mol. The van der Waals surface area contributed by atoms with Crippen LogP contribution in [0.3, 0.4) is 0 Å². The Labute approximate surface area is 95.9 Å². The predicted molar refractivity (Wildman–Crippen MR) is 66.2 cm³/mol. The van der Waals surface area contributed by atoms with E-state index in [1.807, 2.05) is 30.5 Å². The maximum atomic E-state index is 4.60. The number of fused-ring (bicyclic) bond motifs is 1. The third kappa shape index (κ3) is 2.36. The largest absolute Gasteiger partial charge is 0.309 e. The van der Waals surface area contributed by atoms with Crippen LogP contribution in [0.25, 0.3) is 11.0 Å². The highest BCUT2D eigenvalue weighted by molar-refractivity contribution is 5.73. The number of para-hydroxylation sites is 2. The molecule has 2 aromatic rings. The van der Waals surface area contributed by atoms with Gasteiger partial charge in [0.05, 0.1) is 22.9 Å². The van der Waals surface area contributed by atoms with Crippen LogP contribution in [0.15, 0.2) is 30.5 Å². The van der Waals surface area contributed by atoms with Crippen LogP contribution in [-0.2, 0) is 0 Å². The van der Waals surface area contributed by atoms with Crippen molar-refractivity contribution >= 4 is 11.0 Å². The van der Waals surface area contributed by atoms with Crippen molar-refractivity contribution in [2.24, 2.45) is 0 Å². The maximum absolute atomic E-state index is 4.60. The summed E-state index contributed by atoms with van der Waals surface area (Å²) < 4.78 is 0. The first-order valence-corrected chi connectivity index (χ1v) is 5.76. The van der Waals surface area contributed by atoms with Crippen molar-refractivity contribution in [3.05, 3.63) is 36.2 Å². The highest BCUT2D eigenvalue weighted by Gasteiger charge is 2.06. The number of nitrogens with zero attached hydrogens (tertiary/aromatic N) is 2.